The molecule has 4 nitrogen and oxygen atoms in total. The highest BCUT2D eigenvalue weighted by Gasteiger charge is 2.22. The number of benzene rings is 1. The quantitative estimate of drug-likeness (QED) is 0.836. The van der Waals surface area contributed by atoms with Crippen LogP contribution in [0.25, 0.3) is 0 Å². The van der Waals surface area contributed by atoms with Gasteiger partial charge < -0.3 is 5.11 Å². The van der Waals surface area contributed by atoms with Crippen molar-refractivity contribution in [1.29, 1.82) is 0 Å². The second-order valence-corrected chi connectivity index (χ2v) is 5.53. The molecule has 0 fully saturated rings. The third-order valence-corrected chi connectivity index (χ3v) is 3.95. The highest BCUT2D eigenvalue weighted by molar-refractivity contribution is 7.89. The first-order valence-electron chi connectivity index (χ1n) is 5.30. The average molecular weight is 261 g/mol. The Kier molecular flexibility index (Phi) is 4.62. The topological polar surface area (TPSA) is 66.4 Å². The Morgan fingerprint density at radius 1 is 1.47 bits per heavy atom. The second kappa shape index (κ2) is 5.57. The molecule has 0 aliphatic carbocycles. The van der Waals surface area contributed by atoms with Gasteiger partial charge in [-0.25, -0.2) is 17.5 Å². The van der Waals surface area contributed by atoms with Crippen LogP contribution in [0.4, 0.5) is 4.39 Å². The molecule has 1 rings (SSSR count). The molecule has 17 heavy (non-hydrogen) atoms. The fourth-order valence-electron chi connectivity index (χ4n) is 1.35. The molecule has 96 valence electrons. The van der Waals surface area contributed by atoms with Gasteiger partial charge in [-0.3, -0.25) is 0 Å². The molecule has 0 spiro atoms. The molecule has 1 aromatic rings. The van der Waals surface area contributed by atoms with E-state index < -0.39 is 21.9 Å². The van der Waals surface area contributed by atoms with Gasteiger partial charge in [0.25, 0.3) is 0 Å². The van der Waals surface area contributed by atoms with Crippen LogP contribution in [0.3, 0.4) is 0 Å². The van der Waals surface area contributed by atoms with E-state index in [4.69, 9.17) is 5.11 Å². The van der Waals surface area contributed by atoms with Crippen molar-refractivity contribution in [3.05, 3.63) is 29.6 Å². The second-order valence-electron chi connectivity index (χ2n) is 3.84. The minimum atomic E-state index is -3.92. The Hall–Kier alpha value is -0.980. The van der Waals surface area contributed by atoms with Gasteiger partial charge in [0.1, 0.15) is 10.7 Å². The number of rotatable bonds is 5. The van der Waals surface area contributed by atoms with Gasteiger partial charge in [0.15, 0.2) is 0 Å². The molecule has 0 aromatic heterocycles. The lowest BCUT2D eigenvalue weighted by Gasteiger charge is -2.15. The molecule has 1 aromatic carbocycles. The van der Waals surface area contributed by atoms with Gasteiger partial charge in [-0.2, -0.15) is 0 Å². The summed E-state index contributed by atoms with van der Waals surface area (Å²) in [4.78, 5) is -0.385. The van der Waals surface area contributed by atoms with E-state index in [9.17, 15) is 12.8 Å². The van der Waals surface area contributed by atoms with Gasteiger partial charge >= 0.3 is 0 Å². The maximum absolute atomic E-state index is 13.4. The zero-order valence-electron chi connectivity index (χ0n) is 9.77. The zero-order valence-corrected chi connectivity index (χ0v) is 10.6. The number of nitrogens with one attached hydrogen (secondary N) is 1. The monoisotopic (exact) mass is 261 g/mol. The summed E-state index contributed by atoms with van der Waals surface area (Å²) in [6.07, 6.45) is 0.434. The summed E-state index contributed by atoms with van der Waals surface area (Å²) in [5.74, 6) is -0.795. The fraction of sp³-hybridized carbons (Fsp3) is 0.455. The zero-order chi connectivity index (χ0) is 13.1. The van der Waals surface area contributed by atoms with Crippen LogP contribution in [-0.4, -0.2) is 26.2 Å². The Balaban J connectivity index is 3.09. The van der Waals surface area contributed by atoms with E-state index in [1.807, 2.05) is 0 Å². The van der Waals surface area contributed by atoms with Crippen molar-refractivity contribution in [3.63, 3.8) is 0 Å². The molecule has 0 saturated heterocycles. The number of aryl methyl sites for hydroxylation is 1. The van der Waals surface area contributed by atoms with Gasteiger partial charge in [0, 0.05) is 6.04 Å². The van der Waals surface area contributed by atoms with Crippen LogP contribution in [0, 0.1) is 12.7 Å². The summed E-state index contributed by atoms with van der Waals surface area (Å²) in [5.41, 5.74) is 0.656. The number of aliphatic hydroxyl groups excluding tert-OH is 1. The lowest BCUT2D eigenvalue weighted by atomic mass is 10.2. The first-order chi connectivity index (χ1) is 7.90. The first-order valence-corrected chi connectivity index (χ1v) is 6.78. The summed E-state index contributed by atoms with van der Waals surface area (Å²) in [6, 6.07) is 3.28. The van der Waals surface area contributed by atoms with Crippen molar-refractivity contribution < 1.29 is 17.9 Å². The Labute approximate surface area is 101 Å². The van der Waals surface area contributed by atoms with Gasteiger partial charge in [0.2, 0.25) is 10.0 Å². The smallest absolute Gasteiger partial charge is 0.243 e. The third-order valence-electron chi connectivity index (χ3n) is 2.41. The third kappa shape index (κ3) is 3.49. The highest BCUT2D eigenvalue weighted by atomic mass is 32.2. The van der Waals surface area contributed by atoms with Crippen LogP contribution in [0.15, 0.2) is 23.1 Å². The Bertz CT molecular complexity index is 483. The summed E-state index contributed by atoms with van der Waals surface area (Å²) < 4.78 is 39.4. The minimum Gasteiger partial charge on any atom is -0.395 e. The van der Waals surface area contributed by atoms with Gasteiger partial charge in [-0.1, -0.05) is 13.0 Å². The number of halogens is 1. The van der Waals surface area contributed by atoms with Crippen molar-refractivity contribution in [3.8, 4) is 0 Å². The van der Waals surface area contributed by atoms with Crippen molar-refractivity contribution in [1.82, 2.24) is 4.72 Å². The van der Waals surface area contributed by atoms with Crippen molar-refractivity contribution in [2.75, 3.05) is 6.61 Å². The standard InChI is InChI=1S/C11H16FNO3S/c1-3-9(7-14)13-17(15,16)11-6-8(2)4-5-10(11)12/h4-6,9,13-14H,3,7H2,1-2H3/t9-/m1/s1. The lowest BCUT2D eigenvalue weighted by molar-refractivity contribution is 0.253. The number of hydrogen-bond donors (Lipinski definition) is 2. The predicted octanol–water partition coefficient (Wildman–Crippen LogP) is 1.18. The number of aliphatic hydroxyl groups is 1. The van der Waals surface area contributed by atoms with E-state index in [1.54, 1.807) is 13.8 Å². The Morgan fingerprint density at radius 2 is 2.12 bits per heavy atom. The van der Waals surface area contributed by atoms with Crippen LogP contribution in [-0.2, 0) is 10.0 Å². The van der Waals surface area contributed by atoms with Crippen molar-refractivity contribution in [2.24, 2.45) is 0 Å². The summed E-state index contributed by atoms with van der Waals surface area (Å²) in [7, 11) is -3.92. The molecule has 6 heteroatoms. The van der Waals surface area contributed by atoms with Crippen LogP contribution in [0.1, 0.15) is 18.9 Å². The maximum Gasteiger partial charge on any atom is 0.243 e. The molecule has 0 bridgehead atoms. The maximum atomic E-state index is 13.4. The van der Waals surface area contributed by atoms with E-state index >= 15 is 0 Å². The lowest BCUT2D eigenvalue weighted by Crippen LogP contribution is -2.37. The average Bonchev–Trinajstić information content (AvgIpc) is 2.29. The summed E-state index contributed by atoms with van der Waals surface area (Å²) in [6.45, 7) is 3.10. The van der Waals surface area contributed by atoms with Gasteiger partial charge in [-0.15, -0.1) is 0 Å². The first kappa shape index (κ1) is 14.1. The Morgan fingerprint density at radius 3 is 2.65 bits per heavy atom. The van der Waals surface area contributed by atoms with Gasteiger partial charge in [0.05, 0.1) is 6.61 Å². The van der Waals surface area contributed by atoms with E-state index in [0.717, 1.165) is 6.07 Å². The number of sulfonamides is 1. The molecule has 0 saturated carbocycles. The van der Waals surface area contributed by atoms with Crippen LogP contribution < -0.4 is 4.72 Å². The van der Waals surface area contributed by atoms with Crippen LogP contribution in [0.5, 0.6) is 0 Å². The number of hydrogen-bond acceptors (Lipinski definition) is 3. The van der Waals surface area contributed by atoms with Crippen molar-refractivity contribution >= 4 is 10.0 Å². The normalized spacial score (nSPS) is 13.6. The highest BCUT2D eigenvalue weighted by Crippen LogP contribution is 2.16. The molecule has 0 aliphatic heterocycles. The summed E-state index contributed by atoms with van der Waals surface area (Å²) >= 11 is 0. The molecule has 1 atom stereocenters. The van der Waals surface area contributed by atoms with E-state index in [1.165, 1.54) is 12.1 Å². The van der Waals surface area contributed by atoms with E-state index in [2.05, 4.69) is 4.72 Å². The summed E-state index contributed by atoms with van der Waals surface area (Å²) in [5, 5.41) is 8.94. The molecule has 2 N–H and O–H groups in total. The minimum absolute atomic E-state index is 0.316. The van der Waals surface area contributed by atoms with Crippen molar-refractivity contribution in [2.45, 2.75) is 31.2 Å². The molecule has 0 unspecified atom stereocenters. The van der Waals surface area contributed by atoms with Gasteiger partial charge in [-0.05, 0) is 31.0 Å². The molecule has 0 heterocycles. The fourth-order valence-corrected chi connectivity index (χ4v) is 2.82. The molecule has 0 aliphatic rings. The SMILES string of the molecule is CC[C@H](CO)NS(=O)(=O)c1cc(C)ccc1F. The van der Waals surface area contributed by atoms with E-state index in [0.29, 0.717) is 12.0 Å². The van der Waals surface area contributed by atoms with Crippen LogP contribution in [0.2, 0.25) is 0 Å². The molecular weight excluding hydrogens is 245 g/mol. The van der Waals surface area contributed by atoms with Crippen LogP contribution >= 0.6 is 0 Å². The molecule has 0 amide bonds. The molecular formula is C11H16FNO3S. The largest absolute Gasteiger partial charge is 0.395 e. The van der Waals surface area contributed by atoms with E-state index in [-0.39, 0.29) is 11.5 Å². The predicted molar refractivity (Wildman–Crippen MR) is 62.6 cm³/mol. The molecule has 0 radical (unpaired) electrons.